The van der Waals surface area contributed by atoms with Crippen molar-refractivity contribution in [3.8, 4) is 0 Å². The number of likely N-dealkylation sites (tertiary alicyclic amines) is 1. The summed E-state index contributed by atoms with van der Waals surface area (Å²) in [6, 6.07) is 9.38. The van der Waals surface area contributed by atoms with E-state index in [1.807, 2.05) is 0 Å². The Labute approximate surface area is 144 Å². The van der Waals surface area contributed by atoms with Crippen LogP contribution in [-0.4, -0.2) is 41.4 Å². The average molecular weight is 322 g/mol. The maximum absolute atomic E-state index is 12.9. The fourth-order valence-corrected chi connectivity index (χ4v) is 5.37. The van der Waals surface area contributed by atoms with E-state index in [1.54, 1.807) is 0 Å². The zero-order valence-electron chi connectivity index (χ0n) is 14.2. The largest absolute Gasteiger partial charge is 0.341 e. The van der Waals surface area contributed by atoms with Gasteiger partial charge < -0.3 is 4.90 Å². The molecule has 2 fully saturated rings. The zero-order chi connectivity index (χ0) is 16.1. The molecule has 2 bridgehead atoms. The van der Waals surface area contributed by atoms with Crippen LogP contribution in [0.25, 0.3) is 0 Å². The van der Waals surface area contributed by atoms with Crippen LogP contribution < -0.4 is 0 Å². The molecule has 3 heteroatoms. The molecule has 2 aliphatic heterocycles. The van der Waals surface area contributed by atoms with Crippen molar-refractivity contribution in [2.24, 2.45) is 17.8 Å². The minimum atomic E-state index is 0.279. The number of carbonyl (C=O) groups excluding carboxylic acids is 1. The topological polar surface area (TPSA) is 23.6 Å². The van der Waals surface area contributed by atoms with Crippen molar-refractivity contribution in [3.63, 3.8) is 0 Å². The molecule has 0 spiro atoms. The second kappa shape index (κ2) is 5.73. The lowest BCUT2D eigenvalue weighted by Crippen LogP contribution is -2.43. The van der Waals surface area contributed by atoms with Gasteiger partial charge in [-0.3, -0.25) is 9.69 Å². The highest BCUT2D eigenvalue weighted by atomic mass is 16.2. The number of rotatable bonds is 2. The molecule has 1 saturated heterocycles. The number of amides is 1. The van der Waals surface area contributed by atoms with E-state index in [0.717, 1.165) is 45.4 Å². The molecule has 1 aromatic rings. The molecular weight excluding hydrogens is 296 g/mol. The van der Waals surface area contributed by atoms with E-state index in [2.05, 4.69) is 46.2 Å². The molecule has 2 heterocycles. The van der Waals surface area contributed by atoms with E-state index in [-0.39, 0.29) is 5.92 Å². The van der Waals surface area contributed by atoms with Crippen LogP contribution in [0.5, 0.6) is 0 Å². The summed E-state index contributed by atoms with van der Waals surface area (Å²) in [5.41, 5.74) is 2.99. The van der Waals surface area contributed by atoms with Gasteiger partial charge in [-0.15, -0.1) is 0 Å². The van der Waals surface area contributed by atoms with E-state index >= 15 is 0 Å². The third-order valence-electron chi connectivity index (χ3n) is 6.75. The van der Waals surface area contributed by atoms with Crippen LogP contribution in [-0.2, 0) is 17.8 Å². The first-order valence-corrected chi connectivity index (χ1v) is 9.56. The van der Waals surface area contributed by atoms with Gasteiger partial charge in [0.1, 0.15) is 0 Å². The van der Waals surface area contributed by atoms with Crippen molar-refractivity contribution in [2.75, 3.05) is 19.6 Å². The molecule has 2 aliphatic carbocycles. The Morgan fingerprint density at radius 2 is 1.92 bits per heavy atom. The molecule has 0 N–H and O–H groups in total. The monoisotopic (exact) mass is 322 g/mol. The van der Waals surface area contributed by atoms with Crippen LogP contribution in [0, 0.1) is 17.8 Å². The Bertz CT molecular complexity index is 682. The van der Waals surface area contributed by atoms with Gasteiger partial charge in [-0.25, -0.2) is 0 Å². The molecule has 1 saturated carbocycles. The van der Waals surface area contributed by atoms with Gasteiger partial charge in [0.2, 0.25) is 5.91 Å². The van der Waals surface area contributed by atoms with Crippen LogP contribution in [0.4, 0.5) is 0 Å². The predicted molar refractivity (Wildman–Crippen MR) is 94.4 cm³/mol. The molecule has 3 nitrogen and oxygen atoms in total. The lowest BCUT2D eigenvalue weighted by molar-refractivity contribution is -0.135. The molecule has 126 valence electrons. The first kappa shape index (κ1) is 14.7. The predicted octanol–water partition coefficient (Wildman–Crippen LogP) is 2.86. The first-order chi connectivity index (χ1) is 11.8. The molecule has 0 aromatic heterocycles. The van der Waals surface area contributed by atoms with Crippen molar-refractivity contribution in [1.82, 2.24) is 9.80 Å². The highest BCUT2D eigenvalue weighted by Crippen LogP contribution is 2.44. The summed E-state index contributed by atoms with van der Waals surface area (Å²) >= 11 is 0. The summed E-state index contributed by atoms with van der Waals surface area (Å²) in [6.45, 7) is 4.10. The quantitative estimate of drug-likeness (QED) is 0.782. The molecular formula is C21H26N2O. The van der Waals surface area contributed by atoms with Gasteiger partial charge in [-0.05, 0) is 48.6 Å². The highest BCUT2D eigenvalue weighted by Gasteiger charge is 2.43. The van der Waals surface area contributed by atoms with Gasteiger partial charge in [0, 0.05) is 38.1 Å². The minimum Gasteiger partial charge on any atom is -0.341 e. The van der Waals surface area contributed by atoms with Gasteiger partial charge in [0.15, 0.2) is 0 Å². The maximum atomic E-state index is 12.9. The van der Waals surface area contributed by atoms with Gasteiger partial charge in [-0.2, -0.15) is 0 Å². The van der Waals surface area contributed by atoms with Crippen LogP contribution >= 0.6 is 0 Å². The Morgan fingerprint density at radius 1 is 1.04 bits per heavy atom. The van der Waals surface area contributed by atoms with Crippen LogP contribution in [0.3, 0.4) is 0 Å². The SMILES string of the molecule is O=C(C1CC2C=CC1C2)N1CCC(N2CCc3ccccc3C2)C1. The number of hydrogen-bond donors (Lipinski definition) is 0. The Balaban J connectivity index is 1.23. The van der Waals surface area contributed by atoms with Crippen LogP contribution in [0.1, 0.15) is 30.4 Å². The highest BCUT2D eigenvalue weighted by molar-refractivity contribution is 5.80. The standard InChI is InChI=1S/C21H26N2O/c24-21(20-12-15-5-6-17(20)11-15)23-10-8-19(14-23)22-9-7-16-3-1-2-4-18(16)13-22/h1-6,15,17,19-20H,7-14H2. The Morgan fingerprint density at radius 3 is 2.71 bits per heavy atom. The Hall–Kier alpha value is -1.61. The van der Waals surface area contributed by atoms with E-state index < -0.39 is 0 Å². The molecule has 1 aromatic carbocycles. The first-order valence-electron chi connectivity index (χ1n) is 9.56. The van der Waals surface area contributed by atoms with Crippen molar-refractivity contribution in [3.05, 3.63) is 47.5 Å². The Kier molecular flexibility index (Phi) is 3.51. The van der Waals surface area contributed by atoms with Gasteiger partial charge in [0.25, 0.3) is 0 Å². The van der Waals surface area contributed by atoms with E-state index in [1.165, 1.54) is 17.5 Å². The van der Waals surface area contributed by atoms with Gasteiger partial charge in [-0.1, -0.05) is 36.4 Å². The van der Waals surface area contributed by atoms with Crippen molar-refractivity contribution in [1.29, 1.82) is 0 Å². The van der Waals surface area contributed by atoms with Crippen molar-refractivity contribution in [2.45, 2.75) is 38.3 Å². The number of allylic oxidation sites excluding steroid dienone is 2. The van der Waals surface area contributed by atoms with E-state index in [4.69, 9.17) is 0 Å². The lowest BCUT2D eigenvalue weighted by atomic mass is 9.92. The van der Waals surface area contributed by atoms with Gasteiger partial charge >= 0.3 is 0 Å². The molecule has 4 unspecified atom stereocenters. The summed E-state index contributed by atoms with van der Waals surface area (Å²) in [7, 11) is 0. The summed E-state index contributed by atoms with van der Waals surface area (Å²) in [4.78, 5) is 17.7. The smallest absolute Gasteiger partial charge is 0.226 e. The number of benzene rings is 1. The summed E-state index contributed by atoms with van der Waals surface area (Å²) < 4.78 is 0. The number of hydrogen-bond acceptors (Lipinski definition) is 2. The number of nitrogens with zero attached hydrogens (tertiary/aromatic N) is 2. The van der Waals surface area contributed by atoms with Crippen molar-refractivity contribution >= 4 is 5.91 Å². The van der Waals surface area contributed by atoms with Gasteiger partial charge in [0.05, 0.1) is 0 Å². The number of carbonyl (C=O) groups is 1. The minimum absolute atomic E-state index is 0.279. The van der Waals surface area contributed by atoms with Crippen LogP contribution in [0.15, 0.2) is 36.4 Å². The lowest BCUT2D eigenvalue weighted by Gasteiger charge is -2.34. The van der Waals surface area contributed by atoms with Crippen molar-refractivity contribution < 1.29 is 4.79 Å². The summed E-state index contributed by atoms with van der Waals surface area (Å²) in [5.74, 6) is 1.93. The van der Waals surface area contributed by atoms with E-state index in [9.17, 15) is 4.79 Å². The molecule has 5 rings (SSSR count). The summed E-state index contributed by atoms with van der Waals surface area (Å²) in [6.07, 6.45) is 9.23. The molecule has 1 amide bonds. The molecule has 24 heavy (non-hydrogen) atoms. The maximum Gasteiger partial charge on any atom is 0.226 e. The van der Waals surface area contributed by atoms with Crippen LogP contribution in [0.2, 0.25) is 0 Å². The fraction of sp³-hybridized carbons (Fsp3) is 0.571. The third kappa shape index (κ3) is 2.41. The second-order valence-corrected chi connectivity index (χ2v) is 8.10. The second-order valence-electron chi connectivity index (χ2n) is 8.10. The average Bonchev–Trinajstić information content (AvgIpc) is 3.37. The third-order valence-corrected chi connectivity index (χ3v) is 6.75. The zero-order valence-corrected chi connectivity index (χ0v) is 14.2. The molecule has 4 atom stereocenters. The molecule has 0 radical (unpaired) electrons. The normalized spacial score (nSPS) is 34.8. The van der Waals surface area contributed by atoms with E-state index in [0.29, 0.717) is 23.8 Å². The summed E-state index contributed by atoms with van der Waals surface area (Å²) in [5, 5.41) is 0. The fourth-order valence-electron chi connectivity index (χ4n) is 5.37. The number of fused-ring (bicyclic) bond motifs is 3. The molecule has 4 aliphatic rings.